The molecular formula is C10H16BrNO. The van der Waals surface area contributed by atoms with E-state index in [0.717, 1.165) is 19.3 Å². The fourth-order valence-corrected chi connectivity index (χ4v) is 2.77. The normalized spacial score (nSPS) is 34.2. The van der Waals surface area contributed by atoms with Crippen LogP contribution in [-0.2, 0) is 4.79 Å². The van der Waals surface area contributed by atoms with Crippen molar-refractivity contribution < 1.29 is 4.79 Å². The van der Waals surface area contributed by atoms with Crippen molar-refractivity contribution in [1.29, 1.82) is 0 Å². The third-order valence-electron chi connectivity index (χ3n) is 3.24. The molecule has 2 saturated carbocycles. The van der Waals surface area contributed by atoms with Gasteiger partial charge in [0.15, 0.2) is 0 Å². The van der Waals surface area contributed by atoms with Crippen LogP contribution in [-0.4, -0.2) is 16.8 Å². The number of carbonyl (C=O) groups excluding carboxylic acids is 1. The minimum absolute atomic E-state index is 0.294. The molecule has 1 amide bonds. The molecule has 2 fully saturated rings. The van der Waals surface area contributed by atoms with Crippen molar-refractivity contribution in [2.75, 3.05) is 0 Å². The van der Waals surface area contributed by atoms with Crippen LogP contribution in [0.25, 0.3) is 0 Å². The first-order chi connectivity index (χ1) is 6.27. The zero-order chi connectivity index (χ0) is 9.26. The average Bonchev–Trinajstić information content (AvgIpc) is 2.32. The second-order valence-electron chi connectivity index (χ2n) is 4.19. The average molecular weight is 246 g/mol. The highest BCUT2D eigenvalue weighted by molar-refractivity contribution is 9.09. The molecule has 2 unspecified atom stereocenters. The summed E-state index contributed by atoms with van der Waals surface area (Å²) in [6.07, 6.45) is 7.03. The molecule has 0 radical (unpaired) electrons. The van der Waals surface area contributed by atoms with Gasteiger partial charge < -0.3 is 5.32 Å². The molecule has 0 aromatic carbocycles. The summed E-state index contributed by atoms with van der Waals surface area (Å²) in [6.45, 7) is 0. The molecule has 0 bridgehead atoms. The van der Waals surface area contributed by atoms with Crippen LogP contribution < -0.4 is 5.32 Å². The molecule has 2 rings (SSSR count). The Labute approximate surface area is 87.6 Å². The van der Waals surface area contributed by atoms with Crippen LogP contribution in [0, 0.1) is 5.92 Å². The smallest absolute Gasteiger partial charge is 0.223 e. The number of carbonyl (C=O) groups is 1. The Hall–Kier alpha value is -0.0500. The first kappa shape index (κ1) is 9.50. The van der Waals surface area contributed by atoms with Gasteiger partial charge in [0.05, 0.1) is 0 Å². The van der Waals surface area contributed by atoms with Crippen LogP contribution in [0.1, 0.15) is 38.5 Å². The number of halogens is 1. The molecule has 2 atom stereocenters. The van der Waals surface area contributed by atoms with E-state index in [-0.39, 0.29) is 0 Å². The summed E-state index contributed by atoms with van der Waals surface area (Å²) in [4.78, 5) is 12.1. The van der Waals surface area contributed by atoms with Gasteiger partial charge in [0.1, 0.15) is 0 Å². The van der Waals surface area contributed by atoms with Crippen LogP contribution in [0.3, 0.4) is 0 Å². The summed E-state index contributed by atoms with van der Waals surface area (Å²) in [7, 11) is 0. The summed E-state index contributed by atoms with van der Waals surface area (Å²) in [5.41, 5.74) is 0. The van der Waals surface area contributed by atoms with Crippen molar-refractivity contribution in [3.05, 3.63) is 0 Å². The molecule has 74 valence electrons. The Morgan fingerprint density at radius 1 is 1.15 bits per heavy atom. The van der Waals surface area contributed by atoms with Gasteiger partial charge in [0.2, 0.25) is 5.91 Å². The lowest BCUT2D eigenvalue weighted by Gasteiger charge is -2.26. The predicted molar refractivity (Wildman–Crippen MR) is 55.8 cm³/mol. The van der Waals surface area contributed by atoms with E-state index in [0.29, 0.717) is 22.7 Å². The SMILES string of the molecule is O=C(NC1CCCC1Br)C1CCC1. The van der Waals surface area contributed by atoms with E-state index in [9.17, 15) is 4.79 Å². The maximum absolute atomic E-state index is 11.6. The standard InChI is InChI=1S/C10H16BrNO/c11-8-5-2-6-9(8)12-10(13)7-3-1-4-7/h7-9H,1-6H2,(H,12,13). The molecule has 0 aromatic heterocycles. The van der Waals surface area contributed by atoms with E-state index in [1.807, 2.05) is 0 Å². The first-order valence-corrected chi connectivity index (χ1v) is 6.13. The molecule has 0 aliphatic heterocycles. The monoisotopic (exact) mass is 245 g/mol. The molecule has 0 aromatic rings. The van der Waals surface area contributed by atoms with E-state index in [4.69, 9.17) is 0 Å². The Morgan fingerprint density at radius 2 is 1.85 bits per heavy atom. The lowest BCUT2D eigenvalue weighted by Crippen LogP contribution is -2.42. The van der Waals surface area contributed by atoms with Crippen molar-refractivity contribution in [3.63, 3.8) is 0 Å². The van der Waals surface area contributed by atoms with Gasteiger partial charge in [-0.1, -0.05) is 28.8 Å². The number of nitrogens with one attached hydrogen (secondary N) is 1. The van der Waals surface area contributed by atoms with Crippen molar-refractivity contribution in [1.82, 2.24) is 5.32 Å². The summed E-state index contributed by atoms with van der Waals surface area (Å²) >= 11 is 3.61. The van der Waals surface area contributed by atoms with Gasteiger partial charge in [0.25, 0.3) is 0 Å². The summed E-state index contributed by atoms with van der Waals surface area (Å²) in [5, 5.41) is 3.14. The quantitative estimate of drug-likeness (QED) is 0.743. The van der Waals surface area contributed by atoms with E-state index in [1.165, 1.54) is 19.3 Å². The second kappa shape index (κ2) is 3.99. The summed E-state index contributed by atoms with van der Waals surface area (Å²) < 4.78 is 0. The minimum atomic E-state index is 0.294. The predicted octanol–water partition coefficient (Wildman–Crippen LogP) is 2.22. The molecule has 3 heteroatoms. The van der Waals surface area contributed by atoms with E-state index in [1.54, 1.807) is 0 Å². The third kappa shape index (κ3) is 2.06. The highest BCUT2D eigenvalue weighted by Crippen LogP contribution is 2.29. The van der Waals surface area contributed by atoms with Gasteiger partial charge in [-0.2, -0.15) is 0 Å². The van der Waals surface area contributed by atoms with Gasteiger partial charge in [-0.05, 0) is 25.7 Å². The van der Waals surface area contributed by atoms with Crippen molar-refractivity contribution in [2.24, 2.45) is 5.92 Å². The Morgan fingerprint density at radius 3 is 2.31 bits per heavy atom. The number of rotatable bonds is 2. The van der Waals surface area contributed by atoms with Gasteiger partial charge in [-0.15, -0.1) is 0 Å². The fraction of sp³-hybridized carbons (Fsp3) is 0.900. The van der Waals surface area contributed by atoms with Crippen molar-refractivity contribution in [2.45, 2.75) is 49.4 Å². The maximum atomic E-state index is 11.6. The summed E-state index contributed by atoms with van der Waals surface area (Å²) in [6, 6.07) is 0.396. The third-order valence-corrected chi connectivity index (χ3v) is 4.33. The number of hydrogen-bond acceptors (Lipinski definition) is 1. The molecule has 0 saturated heterocycles. The molecule has 2 aliphatic rings. The molecule has 13 heavy (non-hydrogen) atoms. The Balaban J connectivity index is 1.79. The molecule has 1 N–H and O–H groups in total. The van der Waals surface area contributed by atoms with Crippen LogP contribution in [0.4, 0.5) is 0 Å². The van der Waals surface area contributed by atoms with E-state index in [2.05, 4.69) is 21.2 Å². The molecule has 0 spiro atoms. The van der Waals surface area contributed by atoms with Crippen molar-refractivity contribution in [3.8, 4) is 0 Å². The zero-order valence-electron chi connectivity index (χ0n) is 7.76. The Bertz CT molecular complexity index is 203. The van der Waals surface area contributed by atoms with Crippen LogP contribution in [0.2, 0.25) is 0 Å². The van der Waals surface area contributed by atoms with Crippen LogP contribution in [0.15, 0.2) is 0 Å². The lowest BCUT2D eigenvalue weighted by molar-refractivity contribution is -0.128. The molecule has 2 aliphatic carbocycles. The van der Waals surface area contributed by atoms with Crippen molar-refractivity contribution >= 4 is 21.8 Å². The van der Waals surface area contributed by atoms with Crippen LogP contribution in [0.5, 0.6) is 0 Å². The minimum Gasteiger partial charge on any atom is -0.352 e. The number of alkyl halides is 1. The second-order valence-corrected chi connectivity index (χ2v) is 5.37. The topological polar surface area (TPSA) is 29.1 Å². The number of hydrogen-bond donors (Lipinski definition) is 1. The Kier molecular flexibility index (Phi) is 2.92. The maximum Gasteiger partial charge on any atom is 0.223 e. The van der Waals surface area contributed by atoms with Gasteiger partial charge in [-0.25, -0.2) is 0 Å². The van der Waals surface area contributed by atoms with E-state index >= 15 is 0 Å². The largest absolute Gasteiger partial charge is 0.352 e. The van der Waals surface area contributed by atoms with Gasteiger partial charge in [0, 0.05) is 16.8 Å². The fourth-order valence-electron chi connectivity index (χ4n) is 2.05. The molecule has 2 nitrogen and oxygen atoms in total. The van der Waals surface area contributed by atoms with Gasteiger partial charge in [-0.3, -0.25) is 4.79 Å². The highest BCUT2D eigenvalue weighted by Gasteiger charge is 2.31. The van der Waals surface area contributed by atoms with Crippen LogP contribution >= 0.6 is 15.9 Å². The molecule has 0 heterocycles. The molecular weight excluding hydrogens is 230 g/mol. The van der Waals surface area contributed by atoms with E-state index < -0.39 is 0 Å². The highest BCUT2D eigenvalue weighted by atomic mass is 79.9. The number of amides is 1. The lowest BCUT2D eigenvalue weighted by atomic mass is 9.84. The first-order valence-electron chi connectivity index (χ1n) is 5.22. The summed E-state index contributed by atoms with van der Waals surface area (Å²) in [5.74, 6) is 0.628. The van der Waals surface area contributed by atoms with Gasteiger partial charge >= 0.3 is 0 Å². The zero-order valence-corrected chi connectivity index (χ0v) is 9.35.